The van der Waals surface area contributed by atoms with Crippen molar-refractivity contribution < 1.29 is 4.74 Å². The van der Waals surface area contributed by atoms with Crippen LogP contribution in [0.5, 0.6) is 6.01 Å². The molecule has 3 aliphatic rings. The van der Waals surface area contributed by atoms with Crippen molar-refractivity contribution in [3.63, 3.8) is 0 Å². The molecule has 6 heterocycles. The van der Waals surface area contributed by atoms with Gasteiger partial charge in [-0.2, -0.15) is 20.5 Å². The normalized spacial score (nSPS) is 17.6. The molecular weight excluding hydrogens is 581 g/mol. The number of ether oxygens (including phenoxy) is 1. The number of piperidine rings is 1. The van der Waals surface area contributed by atoms with Crippen molar-refractivity contribution in [2.24, 2.45) is 0 Å². The van der Waals surface area contributed by atoms with E-state index in [1.54, 1.807) is 6.20 Å². The number of thioether (sulfide) groups is 1. The quantitative estimate of drug-likeness (QED) is 0.393. The van der Waals surface area contributed by atoms with Gasteiger partial charge in [0.15, 0.2) is 11.6 Å². The van der Waals surface area contributed by atoms with Crippen LogP contribution in [0.2, 0.25) is 0 Å². The first-order chi connectivity index (χ1) is 20.6. The van der Waals surface area contributed by atoms with Crippen molar-refractivity contribution in [2.45, 2.75) is 36.3 Å². The highest BCUT2D eigenvalue weighted by Gasteiger charge is 2.53. The van der Waals surface area contributed by atoms with Crippen LogP contribution in [-0.4, -0.2) is 67.2 Å². The van der Waals surface area contributed by atoms with E-state index >= 15 is 0 Å². The predicted octanol–water partition coefficient (Wildman–Crippen LogP) is 4.28. The van der Waals surface area contributed by atoms with Gasteiger partial charge < -0.3 is 30.9 Å². The topological polar surface area (TPSA) is 157 Å². The molecule has 3 aromatic heterocycles. The number of nitriles is 2. The Hall–Kier alpha value is -4.04. The fourth-order valence-electron chi connectivity index (χ4n) is 5.84. The number of fused-ring (bicyclic) bond motifs is 2. The van der Waals surface area contributed by atoms with Gasteiger partial charge in [0.1, 0.15) is 28.5 Å². The fraction of sp³-hybridized carbons (Fsp3) is 0.433. The average Bonchev–Trinajstić information content (AvgIpc) is 3.50. The maximum absolute atomic E-state index is 10.2. The van der Waals surface area contributed by atoms with Crippen LogP contribution >= 0.6 is 23.1 Å². The first kappa shape index (κ1) is 30.4. The Morgan fingerprint density at radius 2 is 1.95 bits per heavy atom. The minimum atomic E-state index is -0.233. The summed E-state index contributed by atoms with van der Waals surface area (Å²) in [6, 6.07) is 8.29. The maximum atomic E-state index is 10.2. The number of likely N-dealkylation sites (tertiary alicyclic amines) is 1. The van der Waals surface area contributed by atoms with Crippen molar-refractivity contribution in [2.75, 3.05) is 68.7 Å². The zero-order valence-electron chi connectivity index (χ0n) is 24.9. The number of nitrogen functional groups attached to an aromatic ring is 2. The highest BCUT2D eigenvalue weighted by molar-refractivity contribution is 8.00. The third-order valence-corrected chi connectivity index (χ3v) is 10.8. The standard InChI is InChI=1S/C23H23N9OS2.C7H13N/c1-12(13-5-4-6-28-18(13)26)31(2)20-15(8-25)21(30-22(29-20)33-3)32-10-23(11-32)17-14(7-24)19(27)35-16(17)9-34-23;1-7-4-3-5-8(2)6-7/h4-6,12H,9-11,27H2,1-3H3,(H2,26,28);1,3-6H2,2H3. The van der Waals surface area contributed by atoms with E-state index in [1.165, 1.54) is 43.4 Å². The fourth-order valence-corrected chi connectivity index (χ4v) is 8.65. The molecule has 2 saturated heterocycles. The van der Waals surface area contributed by atoms with Crippen molar-refractivity contribution in [3.8, 4) is 18.1 Å². The number of pyridine rings is 1. The molecule has 1 unspecified atom stereocenters. The number of anilines is 4. The van der Waals surface area contributed by atoms with Gasteiger partial charge in [-0.05, 0) is 39.4 Å². The van der Waals surface area contributed by atoms with Gasteiger partial charge in [0.25, 0.3) is 0 Å². The summed E-state index contributed by atoms with van der Waals surface area (Å²) in [7, 11) is 5.50. The molecule has 0 aliphatic carbocycles. The van der Waals surface area contributed by atoms with Crippen LogP contribution in [0.15, 0.2) is 30.5 Å². The van der Waals surface area contributed by atoms with E-state index in [-0.39, 0.29) is 16.8 Å². The zero-order chi connectivity index (χ0) is 30.9. The smallest absolute Gasteiger partial charge is 0.320 e. The van der Waals surface area contributed by atoms with Crippen molar-refractivity contribution >= 4 is 45.6 Å². The number of nitrogens with two attached hydrogens (primary N) is 2. The maximum Gasteiger partial charge on any atom is 0.320 e. The third-order valence-electron chi connectivity index (χ3n) is 8.19. The first-order valence-corrected chi connectivity index (χ1v) is 15.8. The molecule has 3 aliphatic heterocycles. The van der Waals surface area contributed by atoms with Crippen LogP contribution in [0.1, 0.15) is 52.9 Å². The Bertz CT molecular complexity index is 1620. The van der Waals surface area contributed by atoms with Gasteiger partial charge in [-0.15, -0.1) is 23.1 Å². The average molecular weight is 617 g/mol. The molecule has 13 heteroatoms. The van der Waals surface area contributed by atoms with E-state index in [1.807, 2.05) is 47.7 Å². The molecule has 0 saturated carbocycles. The van der Waals surface area contributed by atoms with Gasteiger partial charge in [-0.1, -0.05) is 18.2 Å². The number of hydrogen-bond acceptors (Lipinski definition) is 13. The second-order valence-electron chi connectivity index (χ2n) is 11.1. The Kier molecular flexibility index (Phi) is 8.69. The van der Waals surface area contributed by atoms with E-state index in [0.717, 1.165) is 28.3 Å². The number of aromatic nitrogens is 3. The Morgan fingerprint density at radius 3 is 2.56 bits per heavy atom. The lowest BCUT2D eigenvalue weighted by Crippen LogP contribution is -2.57. The molecule has 1 atom stereocenters. The number of likely N-dealkylation sites (N-methyl/N-ethyl adjacent to an activating group) is 1. The summed E-state index contributed by atoms with van der Waals surface area (Å²) in [5.74, 6) is 2.21. The highest BCUT2D eigenvalue weighted by Crippen LogP contribution is 2.58. The lowest BCUT2D eigenvalue weighted by molar-refractivity contribution is 0.323. The van der Waals surface area contributed by atoms with Gasteiger partial charge in [-0.25, -0.2) is 4.98 Å². The lowest BCUT2D eigenvalue weighted by Gasteiger charge is -2.48. The monoisotopic (exact) mass is 616 g/mol. The summed E-state index contributed by atoms with van der Waals surface area (Å²) in [6.45, 7) is 9.48. The van der Waals surface area contributed by atoms with Crippen molar-refractivity contribution in [3.05, 3.63) is 57.6 Å². The van der Waals surface area contributed by atoms with Crippen molar-refractivity contribution in [1.29, 1.82) is 10.5 Å². The predicted molar refractivity (Wildman–Crippen MR) is 173 cm³/mol. The second-order valence-corrected chi connectivity index (χ2v) is 13.6. The van der Waals surface area contributed by atoms with E-state index in [2.05, 4.69) is 45.6 Å². The number of rotatable bonds is 5. The van der Waals surface area contributed by atoms with E-state index in [0.29, 0.717) is 46.7 Å². The lowest BCUT2D eigenvalue weighted by atomic mass is 9.88. The first-order valence-electron chi connectivity index (χ1n) is 14.0. The largest absolute Gasteiger partial charge is 0.467 e. The van der Waals surface area contributed by atoms with Crippen LogP contribution in [-0.2, 0) is 10.5 Å². The zero-order valence-corrected chi connectivity index (χ0v) is 26.6. The molecule has 43 heavy (non-hydrogen) atoms. The number of methoxy groups -OCH3 is 1. The van der Waals surface area contributed by atoms with Crippen LogP contribution in [0, 0.1) is 22.7 Å². The van der Waals surface area contributed by atoms with Crippen LogP contribution in [0.25, 0.3) is 0 Å². The second kappa shape index (κ2) is 12.3. The van der Waals surface area contributed by atoms with Gasteiger partial charge in [0, 0.05) is 54.6 Å². The molecule has 0 amide bonds. The van der Waals surface area contributed by atoms with Crippen LogP contribution in [0.3, 0.4) is 0 Å². The summed E-state index contributed by atoms with van der Waals surface area (Å²) in [6.07, 6.45) is 4.18. The molecule has 11 nitrogen and oxygen atoms in total. The molecule has 4 N–H and O–H groups in total. The van der Waals surface area contributed by atoms with Gasteiger partial charge in [0.05, 0.1) is 23.5 Å². The highest BCUT2D eigenvalue weighted by atomic mass is 32.2. The van der Waals surface area contributed by atoms with Crippen LogP contribution < -0.4 is 26.0 Å². The Balaban J connectivity index is 0.000000400. The van der Waals surface area contributed by atoms with Gasteiger partial charge in [-0.3, -0.25) is 0 Å². The van der Waals surface area contributed by atoms with Crippen LogP contribution in [0.4, 0.5) is 22.5 Å². The molecule has 0 aromatic carbocycles. The summed E-state index contributed by atoms with van der Waals surface area (Å²) >= 11 is 3.31. The molecule has 1 spiro atoms. The summed E-state index contributed by atoms with van der Waals surface area (Å²) in [4.78, 5) is 20.6. The van der Waals surface area contributed by atoms with Crippen molar-refractivity contribution in [1.82, 2.24) is 19.9 Å². The summed E-state index contributed by atoms with van der Waals surface area (Å²) in [5.41, 5.74) is 16.4. The molecule has 0 bridgehead atoms. The molecule has 3 aromatic rings. The minimum absolute atomic E-state index is 0.172. The molecule has 2 fully saturated rings. The minimum Gasteiger partial charge on any atom is -0.467 e. The molecule has 6 rings (SSSR count). The Labute approximate surface area is 260 Å². The molecule has 224 valence electrons. The van der Waals surface area contributed by atoms with Gasteiger partial charge >= 0.3 is 6.01 Å². The van der Waals surface area contributed by atoms with E-state index < -0.39 is 0 Å². The number of thiophene rings is 1. The van der Waals surface area contributed by atoms with E-state index in [4.69, 9.17) is 16.2 Å². The molecule has 0 radical (unpaired) electrons. The summed E-state index contributed by atoms with van der Waals surface area (Å²) < 4.78 is 5.17. The summed E-state index contributed by atoms with van der Waals surface area (Å²) in [5, 5.41) is 20.4. The molecular formula is C30H36N10OS2. The SMILES string of the molecule is C=C1CCCN(C)C1.COc1nc(N2CC3(C2)SCc2sc(N)c(C#N)c23)c(C#N)c(N(C)C(C)c2cccnc2N)n1. The Morgan fingerprint density at radius 1 is 1.21 bits per heavy atom. The third kappa shape index (κ3) is 5.68. The van der Waals surface area contributed by atoms with Gasteiger partial charge in [0.2, 0.25) is 0 Å². The number of hydrogen-bond donors (Lipinski definition) is 2. The van der Waals surface area contributed by atoms with E-state index in [9.17, 15) is 10.5 Å². The number of nitrogens with zero attached hydrogens (tertiary/aromatic N) is 8.